The summed E-state index contributed by atoms with van der Waals surface area (Å²) in [5.41, 5.74) is 0.801. The van der Waals surface area contributed by atoms with Crippen LogP contribution in [0.1, 0.15) is 32.8 Å². The van der Waals surface area contributed by atoms with Crippen LogP contribution in [0.2, 0.25) is 0 Å². The molecule has 39 heavy (non-hydrogen) atoms. The van der Waals surface area contributed by atoms with Crippen LogP contribution in [0.4, 0.5) is 5.69 Å². The molecule has 2 aromatic heterocycles. The summed E-state index contributed by atoms with van der Waals surface area (Å²) >= 11 is 0. The molecule has 0 aliphatic carbocycles. The number of hydrogen-bond donors (Lipinski definition) is 0. The predicted molar refractivity (Wildman–Crippen MR) is 149 cm³/mol. The third-order valence-corrected chi connectivity index (χ3v) is 6.17. The Morgan fingerprint density at radius 2 is 1.90 bits per heavy atom. The molecule has 2 heterocycles. The third-order valence-electron chi connectivity index (χ3n) is 6.17. The minimum absolute atomic E-state index is 0.0563. The normalized spacial score (nSPS) is 12.3. The summed E-state index contributed by atoms with van der Waals surface area (Å²) < 4.78 is 18.7. The van der Waals surface area contributed by atoms with Crippen LogP contribution in [-0.4, -0.2) is 33.5 Å². The number of rotatable bonds is 9. The molecule has 10 nitrogen and oxygen atoms in total. The Hall–Kier alpha value is -4.99. The average molecular weight is 527 g/mol. The number of nitro groups is 1. The van der Waals surface area contributed by atoms with Gasteiger partial charge in [-0.05, 0) is 50.6 Å². The van der Waals surface area contributed by atoms with Crippen molar-refractivity contribution >= 4 is 33.8 Å². The highest BCUT2D eigenvalue weighted by Gasteiger charge is 2.24. The lowest BCUT2D eigenvalue weighted by molar-refractivity contribution is -0.386. The van der Waals surface area contributed by atoms with Gasteiger partial charge in [-0.15, -0.1) is 0 Å². The van der Waals surface area contributed by atoms with E-state index in [9.17, 15) is 14.9 Å². The summed E-state index contributed by atoms with van der Waals surface area (Å²) in [6.07, 6.45) is 1.76. The molecule has 0 bridgehead atoms. The summed E-state index contributed by atoms with van der Waals surface area (Å²) in [6.45, 7) is 5.80. The lowest BCUT2D eigenvalue weighted by Crippen LogP contribution is -2.20. The van der Waals surface area contributed by atoms with Gasteiger partial charge in [0.2, 0.25) is 11.6 Å². The Balaban J connectivity index is 1.67. The summed E-state index contributed by atoms with van der Waals surface area (Å²) in [5, 5.41) is 17.6. The Labute approximate surface area is 223 Å². The van der Waals surface area contributed by atoms with E-state index in [1.165, 1.54) is 12.3 Å². The van der Waals surface area contributed by atoms with Gasteiger partial charge < -0.3 is 13.9 Å². The van der Waals surface area contributed by atoms with Gasteiger partial charge in [0.15, 0.2) is 11.5 Å². The van der Waals surface area contributed by atoms with Crippen LogP contribution < -0.4 is 15.0 Å². The first-order chi connectivity index (χ1) is 18.9. The van der Waals surface area contributed by atoms with Gasteiger partial charge in [0.1, 0.15) is 5.58 Å². The topological polar surface area (TPSA) is 122 Å². The second kappa shape index (κ2) is 10.8. The minimum Gasteiger partial charge on any atom is -0.490 e. The lowest BCUT2D eigenvalue weighted by atomic mass is 10.1. The van der Waals surface area contributed by atoms with E-state index < -0.39 is 10.5 Å². The van der Waals surface area contributed by atoms with Crippen LogP contribution in [0.5, 0.6) is 11.5 Å². The van der Waals surface area contributed by atoms with Crippen molar-refractivity contribution in [3.63, 3.8) is 0 Å². The second-order valence-corrected chi connectivity index (χ2v) is 8.86. The standard InChI is InChI=1S/C29H26N4O6/c1-4-18(3)38-27-23(33(35)36)14-19(15-25(27)37-5-2)17-30-32-28(26-16-20-10-6-9-13-24(20)39-26)31-22-12-8-7-11-21(22)29(32)34/h6-18H,4-5H2,1-3H3/t18-/m1/s1. The maximum Gasteiger partial charge on any atom is 0.315 e. The molecule has 0 aliphatic heterocycles. The molecule has 0 spiro atoms. The number of nitro benzene ring substituents is 1. The molecule has 3 aromatic carbocycles. The Bertz CT molecular complexity index is 1740. The lowest BCUT2D eigenvalue weighted by Gasteiger charge is -2.16. The zero-order chi connectivity index (χ0) is 27.5. The van der Waals surface area contributed by atoms with Crippen molar-refractivity contribution in [2.24, 2.45) is 5.10 Å². The summed E-state index contributed by atoms with van der Waals surface area (Å²) in [4.78, 5) is 29.6. The van der Waals surface area contributed by atoms with Crippen molar-refractivity contribution in [1.29, 1.82) is 0 Å². The van der Waals surface area contributed by atoms with Crippen molar-refractivity contribution in [1.82, 2.24) is 9.66 Å². The quantitative estimate of drug-likeness (QED) is 0.128. The van der Waals surface area contributed by atoms with Crippen LogP contribution in [-0.2, 0) is 0 Å². The molecule has 0 fully saturated rings. The van der Waals surface area contributed by atoms with Gasteiger partial charge in [0.25, 0.3) is 5.56 Å². The van der Waals surface area contributed by atoms with Crippen molar-refractivity contribution < 1.29 is 18.8 Å². The number of ether oxygens (including phenoxy) is 2. The summed E-state index contributed by atoms with van der Waals surface area (Å²) in [7, 11) is 0. The zero-order valence-corrected chi connectivity index (χ0v) is 21.7. The fourth-order valence-electron chi connectivity index (χ4n) is 4.09. The molecule has 5 rings (SSSR count). The van der Waals surface area contributed by atoms with Gasteiger partial charge in [-0.25, -0.2) is 4.98 Å². The molecular weight excluding hydrogens is 500 g/mol. The highest BCUT2D eigenvalue weighted by molar-refractivity contribution is 5.85. The Morgan fingerprint density at radius 1 is 1.13 bits per heavy atom. The molecule has 0 unspecified atom stereocenters. The Morgan fingerprint density at radius 3 is 2.64 bits per heavy atom. The van der Waals surface area contributed by atoms with Crippen LogP contribution in [0, 0.1) is 10.1 Å². The number of para-hydroxylation sites is 2. The van der Waals surface area contributed by atoms with E-state index in [2.05, 4.69) is 10.1 Å². The molecular formula is C29H26N4O6. The third kappa shape index (κ3) is 5.08. The number of furan rings is 1. The fraction of sp³-hybridized carbons (Fsp3) is 0.207. The molecule has 0 amide bonds. The zero-order valence-electron chi connectivity index (χ0n) is 21.7. The molecule has 1 atom stereocenters. The van der Waals surface area contributed by atoms with Crippen molar-refractivity contribution in [2.45, 2.75) is 33.3 Å². The highest BCUT2D eigenvalue weighted by Crippen LogP contribution is 2.39. The van der Waals surface area contributed by atoms with Crippen LogP contribution in [0.25, 0.3) is 33.5 Å². The van der Waals surface area contributed by atoms with E-state index in [4.69, 9.17) is 13.9 Å². The molecule has 0 saturated carbocycles. The van der Waals surface area contributed by atoms with Gasteiger partial charge >= 0.3 is 5.69 Å². The second-order valence-electron chi connectivity index (χ2n) is 8.86. The van der Waals surface area contributed by atoms with E-state index in [0.717, 1.165) is 10.1 Å². The number of hydrogen-bond acceptors (Lipinski definition) is 8. The maximum atomic E-state index is 13.5. The first kappa shape index (κ1) is 25.7. The van der Waals surface area contributed by atoms with E-state index in [0.29, 0.717) is 34.2 Å². The molecule has 198 valence electrons. The molecule has 5 aromatic rings. The Kier molecular flexibility index (Phi) is 7.09. The summed E-state index contributed by atoms with van der Waals surface area (Å²) in [6, 6.07) is 19.1. The molecule has 0 radical (unpaired) electrons. The number of aromatic nitrogens is 2. The van der Waals surface area contributed by atoms with Gasteiger partial charge in [-0.1, -0.05) is 37.3 Å². The summed E-state index contributed by atoms with van der Waals surface area (Å²) in [5.74, 6) is 0.827. The number of fused-ring (bicyclic) bond motifs is 2. The largest absolute Gasteiger partial charge is 0.490 e. The number of nitrogens with zero attached hydrogens (tertiary/aromatic N) is 4. The molecule has 0 N–H and O–H groups in total. The van der Waals surface area contributed by atoms with E-state index in [1.807, 2.05) is 38.1 Å². The fourth-order valence-corrected chi connectivity index (χ4v) is 4.09. The first-order valence-corrected chi connectivity index (χ1v) is 12.6. The average Bonchev–Trinajstić information content (AvgIpc) is 3.37. The monoisotopic (exact) mass is 526 g/mol. The number of benzene rings is 3. The SMILES string of the molecule is CCOc1cc(C=Nn2c(-c3cc4ccccc4o3)nc3ccccc3c2=O)cc([N+](=O)[O-])c1O[C@H](C)CC. The molecule has 0 saturated heterocycles. The minimum atomic E-state index is -0.527. The van der Waals surface area contributed by atoms with Crippen molar-refractivity contribution in [3.05, 3.63) is 92.8 Å². The van der Waals surface area contributed by atoms with Crippen molar-refractivity contribution in [2.75, 3.05) is 6.61 Å². The van der Waals surface area contributed by atoms with Crippen LogP contribution in [0.15, 0.2) is 81.0 Å². The molecule has 10 heteroatoms. The smallest absolute Gasteiger partial charge is 0.315 e. The van der Waals surface area contributed by atoms with E-state index >= 15 is 0 Å². The van der Waals surface area contributed by atoms with E-state index in [-0.39, 0.29) is 35.7 Å². The van der Waals surface area contributed by atoms with Gasteiger partial charge in [-0.2, -0.15) is 9.78 Å². The molecule has 0 aliphatic rings. The van der Waals surface area contributed by atoms with Gasteiger partial charge in [-0.3, -0.25) is 14.9 Å². The predicted octanol–water partition coefficient (Wildman–Crippen LogP) is 6.18. The van der Waals surface area contributed by atoms with Crippen LogP contribution in [0.3, 0.4) is 0 Å². The van der Waals surface area contributed by atoms with E-state index in [1.54, 1.807) is 43.3 Å². The van der Waals surface area contributed by atoms with Gasteiger partial charge in [0.05, 0.1) is 34.8 Å². The van der Waals surface area contributed by atoms with Crippen molar-refractivity contribution in [3.8, 4) is 23.1 Å². The first-order valence-electron chi connectivity index (χ1n) is 12.6. The maximum absolute atomic E-state index is 13.5. The highest BCUT2D eigenvalue weighted by atomic mass is 16.6. The van der Waals surface area contributed by atoms with Crippen LogP contribution >= 0.6 is 0 Å². The van der Waals surface area contributed by atoms with Gasteiger partial charge in [0, 0.05) is 17.0 Å².